The molecule has 4 nitrogen and oxygen atoms in total. The van der Waals surface area contributed by atoms with Crippen molar-refractivity contribution in [1.82, 2.24) is 14.9 Å². The number of piperidine rings is 1. The van der Waals surface area contributed by atoms with Gasteiger partial charge in [-0.2, -0.15) is 0 Å². The van der Waals surface area contributed by atoms with Crippen LogP contribution in [0.1, 0.15) is 35.6 Å². The average Bonchev–Trinajstić information content (AvgIpc) is 3.08. The molecular formula is C21H23N3OS. The molecule has 2 heterocycles. The highest BCUT2D eigenvalue weighted by Crippen LogP contribution is 2.36. The summed E-state index contributed by atoms with van der Waals surface area (Å²) < 4.78 is 0. The van der Waals surface area contributed by atoms with E-state index in [1.807, 2.05) is 41.3 Å². The lowest BCUT2D eigenvalue weighted by Crippen LogP contribution is -2.38. The van der Waals surface area contributed by atoms with E-state index in [4.69, 9.17) is 0 Å². The van der Waals surface area contributed by atoms with Crippen LogP contribution in [0.3, 0.4) is 0 Å². The van der Waals surface area contributed by atoms with Crippen molar-refractivity contribution in [3.05, 3.63) is 59.7 Å². The highest BCUT2D eigenvalue weighted by atomic mass is 32.2. The second kappa shape index (κ2) is 7.54. The number of thioether (sulfide) groups is 1. The first kappa shape index (κ1) is 17.2. The lowest BCUT2D eigenvalue weighted by molar-refractivity contribution is -0.131. The number of likely N-dealkylation sites (tertiary alicyclic amines) is 1. The van der Waals surface area contributed by atoms with Gasteiger partial charge in [0.15, 0.2) is 5.16 Å². The molecule has 1 aromatic heterocycles. The minimum atomic E-state index is -0.268. The van der Waals surface area contributed by atoms with Crippen LogP contribution >= 0.6 is 11.8 Å². The standard InChI is InChI=1S/C21H23N3OS/c1-15-10-11-17-18(14-15)23-21(22-17)26-19(16-8-4-2-5-9-16)20(25)24-12-6-3-7-13-24/h2,4-5,8-11,14,19H,3,6-7,12-13H2,1H3,(H,22,23). The minimum absolute atomic E-state index is 0.192. The fourth-order valence-electron chi connectivity index (χ4n) is 3.44. The number of aromatic amines is 1. The summed E-state index contributed by atoms with van der Waals surface area (Å²) in [6, 6.07) is 16.2. The van der Waals surface area contributed by atoms with Gasteiger partial charge in [0.05, 0.1) is 11.0 Å². The highest BCUT2D eigenvalue weighted by Gasteiger charge is 2.28. The quantitative estimate of drug-likeness (QED) is 0.681. The number of hydrogen-bond donors (Lipinski definition) is 1. The summed E-state index contributed by atoms with van der Waals surface area (Å²) in [5.74, 6) is 0.192. The third kappa shape index (κ3) is 3.63. The third-order valence-corrected chi connectivity index (χ3v) is 5.97. The summed E-state index contributed by atoms with van der Waals surface area (Å²) in [5.41, 5.74) is 4.19. The van der Waals surface area contributed by atoms with Crippen LogP contribution in [0.2, 0.25) is 0 Å². The van der Waals surface area contributed by atoms with E-state index in [9.17, 15) is 4.79 Å². The normalized spacial score (nSPS) is 16.0. The number of nitrogens with zero attached hydrogens (tertiary/aromatic N) is 2. The van der Waals surface area contributed by atoms with Crippen LogP contribution in [-0.4, -0.2) is 33.9 Å². The molecule has 0 radical (unpaired) electrons. The summed E-state index contributed by atoms with van der Waals surface area (Å²) in [7, 11) is 0. The number of aryl methyl sites for hydroxylation is 1. The molecule has 0 bridgehead atoms. The molecule has 5 heteroatoms. The van der Waals surface area contributed by atoms with Crippen LogP contribution < -0.4 is 0 Å². The fraction of sp³-hybridized carbons (Fsp3) is 0.333. The number of aromatic nitrogens is 2. The lowest BCUT2D eigenvalue weighted by atomic mass is 10.1. The monoisotopic (exact) mass is 365 g/mol. The summed E-state index contributed by atoms with van der Waals surface area (Å²) in [5, 5.41) is 0.528. The molecule has 0 spiro atoms. The Morgan fingerprint density at radius 1 is 1.12 bits per heavy atom. The third-order valence-electron chi connectivity index (χ3n) is 4.84. The van der Waals surface area contributed by atoms with Crippen molar-refractivity contribution in [3.63, 3.8) is 0 Å². The van der Waals surface area contributed by atoms with Gasteiger partial charge in [0.2, 0.25) is 5.91 Å². The second-order valence-corrected chi connectivity index (χ2v) is 7.95. The zero-order chi connectivity index (χ0) is 17.9. The Balaban J connectivity index is 1.64. The van der Waals surface area contributed by atoms with Gasteiger partial charge in [0.1, 0.15) is 5.25 Å². The predicted octanol–water partition coefficient (Wildman–Crippen LogP) is 4.72. The van der Waals surface area contributed by atoms with Gasteiger partial charge in [-0.05, 0) is 49.4 Å². The van der Waals surface area contributed by atoms with E-state index >= 15 is 0 Å². The van der Waals surface area contributed by atoms with E-state index in [2.05, 4.69) is 29.0 Å². The van der Waals surface area contributed by atoms with E-state index in [1.54, 1.807) is 0 Å². The molecule has 1 aliphatic heterocycles. The van der Waals surface area contributed by atoms with Crippen LogP contribution in [0.15, 0.2) is 53.7 Å². The Bertz CT molecular complexity index is 900. The molecule has 1 saturated heterocycles. The predicted molar refractivity (Wildman–Crippen MR) is 106 cm³/mol. The van der Waals surface area contributed by atoms with Crippen molar-refractivity contribution in [1.29, 1.82) is 0 Å². The van der Waals surface area contributed by atoms with Gasteiger partial charge in [-0.25, -0.2) is 4.98 Å². The fourth-order valence-corrected chi connectivity index (χ4v) is 4.52. The molecule has 3 aromatic rings. The molecule has 1 fully saturated rings. The van der Waals surface area contributed by atoms with E-state index in [-0.39, 0.29) is 11.2 Å². The van der Waals surface area contributed by atoms with Gasteiger partial charge in [-0.3, -0.25) is 4.79 Å². The average molecular weight is 366 g/mol. The molecule has 1 aliphatic rings. The van der Waals surface area contributed by atoms with Crippen LogP contribution in [0.25, 0.3) is 11.0 Å². The number of rotatable bonds is 4. The number of fused-ring (bicyclic) bond motifs is 1. The van der Waals surface area contributed by atoms with E-state index in [1.165, 1.54) is 23.7 Å². The van der Waals surface area contributed by atoms with Gasteiger partial charge in [0.25, 0.3) is 0 Å². The number of imidazole rings is 1. The molecule has 26 heavy (non-hydrogen) atoms. The Morgan fingerprint density at radius 3 is 2.65 bits per heavy atom. The zero-order valence-corrected chi connectivity index (χ0v) is 15.8. The minimum Gasteiger partial charge on any atom is -0.341 e. The molecule has 2 aromatic carbocycles. The summed E-state index contributed by atoms with van der Waals surface area (Å²) in [4.78, 5) is 23.3. The second-order valence-electron chi connectivity index (χ2n) is 6.86. The molecule has 0 aliphatic carbocycles. The van der Waals surface area contributed by atoms with Gasteiger partial charge in [0, 0.05) is 13.1 Å². The topological polar surface area (TPSA) is 49.0 Å². The van der Waals surface area contributed by atoms with Gasteiger partial charge >= 0.3 is 0 Å². The van der Waals surface area contributed by atoms with Crippen LogP contribution in [0, 0.1) is 6.92 Å². The first-order valence-corrected chi connectivity index (χ1v) is 10.1. The van der Waals surface area contributed by atoms with Crippen molar-refractivity contribution in [2.45, 2.75) is 36.6 Å². The largest absolute Gasteiger partial charge is 0.341 e. The van der Waals surface area contributed by atoms with Crippen molar-refractivity contribution in [2.24, 2.45) is 0 Å². The van der Waals surface area contributed by atoms with E-state index in [0.29, 0.717) is 0 Å². The molecule has 1 N–H and O–H groups in total. The van der Waals surface area contributed by atoms with Crippen molar-refractivity contribution in [3.8, 4) is 0 Å². The lowest BCUT2D eigenvalue weighted by Gasteiger charge is -2.30. The Kier molecular flexibility index (Phi) is 4.98. The number of benzene rings is 2. The van der Waals surface area contributed by atoms with Crippen LogP contribution in [0.5, 0.6) is 0 Å². The number of hydrogen-bond acceptors (Lipinski definition) is 3. The molecule has 134 valence electrons. The first-order valence-electron chi connectivity index (χ1n) is 9.17. The molecule has 1 atom stereocenters. The molecule has 1 amide bonds. The number of amides is 1. The molecular weight excluding hydrogens is 342 g/mol. The maximum atomic E-state index is 13.2. The highest BCUT2D eigenvalue weighted by molar-refractivity contribution is 8.00. The zero-order valence-electron chi connectivity index (χ0n) is 14.9. The summed E-state index contributed by atoms with van der Waals surface area (Å²) in [6.45, 7) is 3.80. The Morgan fingerprint density at radius 2 is 1.88 bits per heavy atom. The van der Waals surface area contributed by atoms with E-state index < -0.39 is 0 Å². The summed E-state index contributed by atoms with van der Waals surface area (Å²) in [6.07, 6.45) is 3.42. The number of H-pyrrole nitrogens is 1. The summed E-state index contributed by atoms with van der Waals surface area (Å²) >= 11 is 1.52. The molecule has 1 unspecified atom stereocenters. The SMILES string of the molecule is Cc1ccc2nc(SC(C(=O)N3CCCCC3)c3ccccc3)[nH]c2c1. The molecule has 4 rings (SSSR count). The van der Waals surface area contributed by atoms with Gasteiger partial charge < -0.3 is 9.88 Å². The van der Waals surface area contributed by atoms with Crippen LogP contribution in [-0.2, 0) is 4.79 Å². The van der Waals surface area contributed by atoms with Gasteiger partial charge in [-0.15, -0.1) is 0 Å². The van der Waals surface area contributed by atoms with E-state index in [0.717, 1.165) is 47.7 Å². The smallest absolute Gasteiger partial charge is 0.240 e. The van der Waals surface area contributed by atoms with Gasteiger partial charge in [-0.1, -0.05) is 48.2 Å². The maximum Gasteiger partial charge on any atom is 0.240 e. The van der Waals surface area contributed by atoms with Crippen LogP contribution in [0.4, 0.5) is 0 Å². The Hall–Kier alpha value is -2.27. The maximum absolute atomic E-state index is 13.2. The van der Waals surface area contributed by atoms with Crippen molar-refractivity contribution in [2.75, 3.05) is 13.1 Å². The van der Waals surface area contributed by atoms with Crippen molar-refractivity contribution >= 4 is 28.7 Å². The Labute approximate surface area is 158 Å². The van der Waals surface area contributed by atoms with Crippen molar-refractivity contribution < 1.29 is 4.79 Å². The molecule has 0 saturated carbocycles. The first-order chi connectivity index (χ1) is 12.7. The number of carbonyl (C=O) groups excluding carboxylic acids is 1. The number of carbonyl (C=O) groups is 1. The number of nitrogens with one attached hydrogen (secondary N) is 1.